The molecule has 5 heteroatoms. The molecule has 5 nitrogen and oxygen atoms in total. The van der Waals surface area contributed by atoms with Gasteiger partial charge in [0.1, 0.15) is 17.5 Å². The zero-order chi connectivity index (χ0) is 14.4. The lowest BCUT2D eigenvalue weighted by atomic mass is 9.91. The van der Waals surface area contributed by atoms with Gasteiger partial charge in [-0.25, -0.2) is 9.97 Å². The fourth-order valence-electron chi connectivity index (χ4n) is 2.52. The number of nitrogens with zero attached hydrogens (tertiary/aromatic N) is 3. The Labute approximate surface area is 121 Å². The highest BCUT2D eigenvalue weighted by molar-refractivity contribution is 5.50. The van der Waals surface area contributed by atoms with Crippen LogP contribution in [0.5, 0.6) is 0 Å². The number of nitrogens with one attached hydrogen (secondary N) is 1. The molecule has 0 aliphatic heterocycles. The number of aromatic nitrogens is 2. The second-order valence-corrected chi connectivity index (χ2v) is 5.38. The van der Waals surface area contributed by atoms with Crippen LogP contribution in [0.2, 0.25) is 0 Å². The van der Waals surface area contributed by atoms with Crippen molar-refractivity contribution in [2.45, 2.75) is 51.5 Å². The molecule has 20 heavy (non-hydrogen) atoms. The number of hydrogen-bond acceptors (Lipinski definition) is 5. The van der Waals surface area contributed by atoms with E-state index in [-0.39, 0.29) is 6.61 Å². The van der Waals surface area contributed by atoms with Gasteiger partial charge in [0.15, 0.2) is 0 Å². The monoisotopic (exact) mass is 278 g/mol. The number of rotatable bonds is 8. The van der Waals surface area contributed by atoms with Gasteiger partial charge in [0.2, 0.25) is 0 Å². The molecule has 0 unspecified atom stereocenters. The Hall–Kier alpha value is -1.36. The first-order valence-electron chi connectivity index (χ1n) is 7.71. The molecule has 0 saturated heterocycles. The van der Waals surface area contributed by atoms with Crippen molar-refractivity contribution in [3.8, 4) is 0 Å². The van der Waals surface area contributed by atoms with Crippen LogP contribution >= 0.6 is 0 Å². The third-order valence-corrected chi connectivity index (χ3v) is 3.86. The molecule has 0 radical (unpaired) electrons. The average molecular weight is 278 g/mol. The van der Waals surface area contributed by atoms with E-state index in [0.29, 0.717) is 6.04 Å². The van der Waals surface area contributed by atoms with Crippen LogP contribution in [0.15, 0.2) is 6.07 Å². The summed E-state index contributed by atoms with van der Waals surface area (Å²) < 4.78 is 0. The first-order valence-corrected chi connectivity index (χ1v) is 7.71. The van der Waals surface area contributed by atoms with Crippen molar-refractivity contribution in [3.63, 3.8) is 0 Å². The summed E-state index contributed by atoms with van der Waals surface area (Å²) in [7, 11) is 1.89. The Morgan fingerprint density at radius 1 is 1.40 bits per heavy atom. The second kappa shape index (κ2) is 7.43. The summed E-state index contributed by atoms with van der Waals surface area (Å²) >= 11 is 0. The lowest BCUT2D eigenvalue weighted by Gasteiger charge is -2.38. The normalized spacial score (nSPS) is 14.9. The second-order valence-electron chi connectivity index (χ2n) is 5.38. The molecule has 0 amide bonds. The van der Waals surface area contributed by atoms with E-state index in [1.807, 2.05) is 13.1 Å². The third-order valence-electron chi connectivity index (χ3n) is 3.86. The molecule has 1 aromatic heterocycles. The Morgan fingerprint density at radius 3 is 2.75 bits per heavy atom. The van der Waals surface area contributed by atoms with E-state index in [1.165, 1.54) is 19.3 Å². The van der Waals surface area contributed by atoms with Gasteiger partial charge in [-0.2, -0.15) is 0 Å². The summed E-state index contributed by atoms with van der Waals surface area (Å²) in [6.07, 6.45) is 6.50. The fraction of sp³-hybridized carbons (Fsp3) is 0.733. The lowest BCUT2D eigenvalue weighted by molar-refractivity contribution is 0.282. The van der Waals surface area contributed by atoms with Crippen LogP contribution in [0.25, 0.3) is 0 Å². The summed E-state index contributed by atoms with van der Waals surface area (Å²) in [4.78, 5) is 11.6. The number of aryl methyl sites for hydroxylation is 1. The summed E-state index contributed by atoms with van der Waals surface area (Å²) in [6, 6.07) is 2.60. The predicted octanol–water partition coefficient (Wildman–Crippen LogP) is 2.21. The maximum absolute atomic E-state index is 9.10. The zero-order valence-electron chi connectivity index (χ0n) is 12.6. The van der Waals surface area contributed by atoms with E-state index in [9.17, 15) is 0 Å². The van der Waals surface area contributed by atoms with E-state index in [4.69, 9.17) is 10.1 Å². The summed E-state index contributed by atoms with van der Waals surface area (Å²) in [5.74, 6) is 2.79. The van der Waals surface area contributed by atoms with E-state index in [0.717, 1.165) is 43.3 Å². The fourth-order valence-corrected chi connectivity index (χ4v) is 2.52. The van der Waals surface area contributed by atoms with Gasteiger partial charge in [0.05, 0.1) is 0 Å². The third kappa shape index (κ3) is 3.60. The molecule has 1 fully saturated rings. The van der Waals surface area contributed by atoms with E-state index in [1.54, 1.807) is 0 Å². The summed E-state index contributed by atoms with van der Waals surface area (Å²) in [6.45, 7) is 3.24. The highest BCUT2D eigenvalue weighted by Crippen LogP contribution is 2.29. The average Bonchev–Trinajstić information content (AvgIpc) is 2.41. The van der Waals surface area contributed by atoms with Crippen LogP contribution in [-0.2, 0) is 6.42 Å². The molecule has 1 heterocycles. The minimum Gasteiger partial charge on any atom is -0.396 e. The molecule has 112 valence electrons. The number of aliphatic hydroxyl groups excluding tert-OH is 1. The highest BCUT2D eigenvalue weighted by Gasteiger charge is 2.26. The standard InChI is InChI=1S/C15H26N4O/c1-3-6-13-17-14(16-2)11-15(18-13)19(9-5-10-20)12-7-4-8-12/h11-12,20H,3-10H2,1-2H3,(H,16,17,18). The largest absolute Gasteiger partial charge is 0.396 e. The van der Waals surface area contributed by atoms with Crippen molar-refractivity contribution in [1.29, 1.82) is 0 Å². The predicted molar refractivity (Wildman–Crippen MR) is 82.3 cm³/mol. The molecule has 0 spiro atoms. The van der Waals surface area contributed by atoms with Crippen molar-refractivity contribution in [2.75, 3.05) is 30.4 Å². The van der Waals surface area contributed by atoms with Gasteiger partial charge in [-0.3, -0.25) is 0 Å². The molecule has 0 atom stereocenters. The van der Waals surface area contributed by atoms with Gasteiger partial charge in [0, 0.05) is 38.7 Å². The molecule has 0 aromatic carbocycles. The van der Waals surface area contributed by atoms with Crippen LogP contribution in [0, 0.1) is 0 Å². The maximum atomic E-state index is 9.10. The summed E-state index contributed by atoms with van der Waals surface area (Å²) in [5.41, 5.74) is 0. The number of anilines is 2. The number of hydrogen-bond donors (Lipinski definition) is 2. The SMILES string of the molecule is CCCc1nc(NC)cc(N(CCCO)C2CCC2)n1. The zero-order valence-corrected chi connectivity index (χ0v) is 12.6. The van der Waals surface area contributed by atoms with Crippen LogP contribution in [0.3, 0.4) is 0 Å². The Morgan fingerprint density at radius 2 is 2.20 bits per heavy atom. The lowest BCUT2D eigenvalue weighted by Crippen LogP contribution is -2.41. The minimum atomic E-state index is 0.231. The molecule has 1 aromatic rings. The molecule has 2 N–H and O–H groups in total. The molecule has 2 rings (SSSR count). The van der Waals surface area contributed by atoms with Gasteiger partial charge in [-0.1, -0.05) is 6.92 Å². The van der Waals surface area contributed by atoms with Crippen molar-refractivity contribution in [3.05, 3.63) is 11.9 Å². The topological polar surface area (TPSA) is 61.3 Å². The Kier molecular flexibility index (Phi) is 5.59. The van der Waals surface area contributed by atoms with Crippen molar-refractivity contribution in [2.24, 2.45) is 0 Å². The van der Waals surface area contributed by atoms with E-state index >= 15 is 0 Å². The van der Waals surface area contributed by atoms with Gasteiger partial charge >= 0.3 is 0 Å². The molecule has 1 aliphatic rings. The Balaban J connectivity index is 2.22. The molecule has 0 bridgehead atoms. The highest BCUT2D eigenvalue weighted by atomic mass is 16.3. The Bertz CT molecular complexity index is 420. The van der Waals surface area contributed by atoms with Gasteiger partial charge in [0.25, 0.3) is 0 Å². The van der Waals surface area contributed by atoms with E-state index in [2.05, 4.69) is 22.1 Å². The number of aliphatic hydroxyl groups is 1. The van der Waals surface area contributed by atoms with Gasteiger partial charge < -0.3 is 15.3 Å². The van der Waals surface area contributed by atoms with Crippen LogP contribution in [-0.4, -0.2) is 41.3 Å². The summed E-state index contributed by atoms with van der Waals surface area (Å²) in [5, 5.41) is 12.2. The first kappa shape index (κ1) is 15.0. The van der Waals surface area contributed by atoms with Crippen LogP contribution in [0.4, 0.5) is 11.6 Å². The van der Waals surface area contributed by atoms with Crippen LogP contribution in [0.1, 0.15) is 44.9 Å². The van der Waals surface area contributed by atoms with Crippen molar-refractivity contribution in [1.82, 2.24) is 9.97 Å². The smallest absolute Gasteiger partial charge is 0.134 e. The van der Waals surface area contributed by atoms with E-state index < -0.39 is 0 Å². The van der Waals surface area contributed by atoms with Gasteiger partial charge in [-0.05, 0) is 32.1 Å². The minimum absolute atomic E-state index is 0.231. The van der Waals surface area contributed by atoms with Crippen LogP contribution < -0.4 is 10.2 Å². The maximum Gasteiger partial charge on any atom is 0.134 e. The quantitative estimate of drug-likeness (QED) is 0.763. The first-order chi connectivity index (χ1) is 9.78. The van der Waals surface area contributed by atoms with Crippen molar-refractivity contribution < 1.29 is 5.11 Å². The van der Waals surface area contributed by atoms with Crippen molar-refractivity contribution >= 4 is 11.6 Å². The molecular weight excluding hydrogens is 252 g/mol. The molecule has 1 saturated carbocycles. The molecule has 1 aliphatic carbocycles. The van der Waals surface area contributed by atoms with Gasteiger partial charge in [-0.15, -0.1) is 0 Å². The molecular formula is C15H26N4O.